The minimum absolute atomic E-state index is 0.251. The van der Waals surface area contributed by atoms with E-state index in [2.05, 4.69) is 0 Å². The van der Waals surface area contributed by atoms with Gasteiger partial charge in [0.15, 0.2) is 11.4 Å². The minimum Gasteiger partial charge on any atom is -0.375 e. The largest absolute Gasteiger partial charge is 0.375 e. The number of hydrogen-bond donors (Lipinski definition) is 1. The highest BCUT2D eigenvalue weighted by Crippen LogP contribution is 2.42. The fraction of sp³-hybridized carbons (Fsp3) is 0.222. The number of hydrogen-bond acceptors (Lipinski definition) is 3. The number of amides is 1. The zero-order valence-electron chi connectivity index (χ0n) is 12.5. The van der Waals surface area contributed by atoms with Crippen LogP contribution in [0.3, 0.4) is 0 Å². The van der Waals surface area contributed by atoms with Crippen LogP contribution in [0.1, 0.15) is 27.9 Å². The maximum Gasteiger partial charge on any atom is 0.263 e. The third-order valence-corrected chi connectivity index (χ3v) is 4.13. The first kappa shape index (κ1) is 14.5. The molecule has 0 aromatic heterocycles. The van der Waals surface area contributed by atoms with Gasteiger partial charge in [-0.3, -0.25) is 9.59 Å². The summed E-state index contributed by atoms with van der Waals surface area (Å²) >= 11 is 0. The summed E-state index contributed by atoms with van der Waals surface area (Å²) in [6.45, 7) is 1.89. The Hall–Kier alpha value is -2.46. The molecule has 0 aliphatic carbocycles. The Bertz CT molecular complexity index is 754. The van der Waals surface area contributed by atoms with Gasteiger partial charge in [0, 0.05) is 18.2 Å². The van der Waals surface area contributed by atoms with Crippen LogP contribution in [-0.4, -0.2) is 23.8 Å². The second kappa shape index (κ2) is 5.07. The van der Waals surface area contributed by atoms with Crippen molar-refractivity contribution >= 4 is 17.4 Å². The summed E-state index contributed by atoms with van der Waals surface area (Å²) in [4.78, 5) is 26.3. The van der Waals surface area contributed by atoms with Gasteiger partial charge >= 0.3 is 0 Å². The molecule has 0 fully saturated rings. The standard InChI is InChI=1S/C18H17NO3/c1-12-8-9-15-14(10-12)18(22,17(21)19(15)2)11-16(20)13-6-4-3-5-7-13/h3-10,22H,11H2,1-2H3. The molecule has 1 aliphatic rings. The molecule has 2 aromatic rings. The zero-order valence-corrected chi connectivity index (χ0v) is 12.5. The fourth-order valence-electron chi connectivity index (χ4n) is 2.90. The number of anilines is 1. The third kappa shape index (κ3) is 2.12. The average molecular weight is 295 g/mol. The molecule has 1 atom stereocenters. The summed E-state index contributed by atoms with van der Waals surface area (Å²) in [7, 11) is 1.61. The van der Waals surface area contributed by atoms with Gasteiger partial charge in [0.05, 0.1) is 12.1 Å². The molecule has 0 saturated heterocycles. The normalized spacial score (nSPS) is 20.1. The van der Waals surface area contributed by atoms with Crippen LogP contribution < -0.4 is 4.90 Å². The number of Topliss-reactive ketones (excluding diaryl/α,β-unsaturated/α-hetero) is 1. The summed E-state index contributed by atoms with van der Waals surface area (Å²) in [6, 6.07) is 14.2. The molecule has 2 aromatic carbocycles. The molecule has 112 valence electrons. The maximum atomic E-state index is 12.5. The lowest BCUT2D eigenvalue weighted by molar-refractivity contribution is -0.135. The second-order valence-electron chi connectivity index (χ2n) is 5.71. The summed E-state index contributed by atoms with van der Waals surface area (Å²) < 4.78 is 0. The highest BCUT2D eigenvalue weighted by Gasteiger charge is 2.49. The Labute approximate surface area is 129 Å². The van der Waals surface area contributed by atoms with Crippen molar-refractivity contribution in [1.82, 2.24) is 0 Å². The predicted molar refractivity (Wildman–Crippen MR) is 83.9 cm³/mol. The first-order valence-corrected chi connectivity index (χ1v) is 7.13. The van der Waals surface area contributed by atoms with E-state index in [0.29, 0.717) is 16.8 Å². The van der Waals surface area contributed by atoms with E-state index in [0.717, 1.165) is 5.56 Å². The molecular weight excluding hydrogens is 278 g/mol. The summed E-state index contributed by atoms with van der Waals surface area (Å²) in [6.07, 6.45) is -0.253. The van der Waals surface area contributed by atoms with Crippen LogP contribution in [0.25, 0.3) is 0 Å². The molecule has 0 spiro atoms. The first-order chi connectivity index (χ1) is 10.4. The van der Waals surface area contributed by atoms with Crippen LogP contribution in [0.2, 0.25) is 0 Å². The molecule has 22 heavy (non-hydrogen) atoms. The van der Waals surface area contributed by atoms with E-state index in [4.69, 9.17) is 0 Å². The van der Waals surface area contributed by atoms with Gasteiger partial charge in [-0.1, -0.05) is 48.0 Å². The summed E-state index contributed by atoms with van der Waals surface area (Å²) in [5.74, 6) is -0.711. The molecule has 4 heteroatoms. The van der Waals surface area contributed by atoms with E-state index >= 15 is 0 Å². The van der Waals surface area contributed by atoms with E-state index < -0.39 is 11.5 Å². The third-order valence-electron chi connectivity index (χ3n) is 4.13. The van der Waals surface area contributed by atoms with Gasteiger partial charge in [-0.2, -0.15) is 0 Å². The van der Waals surface area contributed by atoms with E-state index in [-0.39, 0.29) is 12.2 Å². The number of rotatable bonds is 3. The fourth-order valence-corrected chi connectivity index (χ4v) is 2.90. The van der Waals surface area contributed by atoms with Gasteiger partial charge < -0.3 is 10.0 Å². The number of aryl methyl sites for hydroxylation is 1. The predicted octanol–water partition coefficient (Wildman–Crippen LogP) is 2.43. The van der Waals surface area contributed by atoms with Crippen molar-refractivity contribution in [3.8, 4) is 0 Å². The average Bonchev–Trinajstić information content (AvgIpc) is 2.70. The Morgan fingerprint density at radius 2 is 1.86 bits per heavy atom. The number of likely N-dealkylation sites (N-methyl/N-ethyl adjacent to an activating group) is 1. The van der Waals surface area contributed by atoms with Crippen LogP contribution in [0, 0.1) is 6.92 Å². The number of carbonyl (C=O) groups is 2. The monoisotopic (exact) mass is 295 g/mol. The number of carbonyl (C=O) groups excluding carboxylic acids is 2. The number of benzene rings is 2. The van der Waals surface area contributed by atoms with Gasteiger partial charge in [0.25, 0.3) is 5.91 Å². The highest BCUT2D eigenvalue weighted by molar-refractivity contribution is 6.10. The maximum absolute atomic E-state index is 12.5. The molecule has 0 radical (unpaired) electrons. The minimum atomic E-state index is -1.79. The van der Waals surface area contributed by atoms with Gasteiger partial charge in [0.1, 0.15) is 0 Å². The molecule has 1 unspecified atom stereocenters. The lowest BCUT2D eigenvalue weighted by Crippen LogP contribution is -2.40. The number of nitrogens with zero attached hydrogens (tertiary/aromatic N) is 1. The molecule has 1 N–H and O–H groups in total. The van der Waals surface area contributed by atoms with Gasteiger partial charge in [-0.25, -0.2) is 0 Å². The molecular formula is C18H17NO3. The number of aliphatic hydroxyl groups is 1. The van der Waals surface area contributed by atoms with E-state index in [1.807, 2.05) is 19.1 Å². The van der Waals surface area contributed by atoms with Gasteiger partial charge in [-0.05, 0) is 13.0 Å². The summed E-state index contributed by atoms with van der Waals surface area (Å²) in [5, 5.41) is 10.9. The lowest BCUT2D eigenvalue weighted by Gasteiger charge is -2.21. The highest BCUT2D eigenvalue weighted by atomic mass is 16.3. The van der Waals surface area contributed by atoms with Crippen molar-refractivity contribution in [2.45, 2.75) is 18.9 Å². The number of ketones is 1. The Balaban J connectivity index is 2.01. The SMILES string of the molecule is Cc1ccc2c(c1)C(O)(CC(=O)c1ccccc1)C(=O)N2C. The van der Waals surface area contributed by atoms with Gasteiger partial charge in [0.2, 0.25) is 0 Å². The Kier molecular flexibility index (Phi) is 3.34. The van der Waals surface area contributed by atoms with Crippen LogP contribution in [-0.2, 0) is 10.4 Å². The Morgan fingerprint density at radius 1 is 1.18 bits per heavy atom. The van der Waals surface area contributed by atoms with E-state index in [1.165, 1.54) is 4.90 Å². The van der Waals surface area contributed by atoms with Crippen molar-refractivity contribution in [2.24, 2.45) is 0 Å². The number of fused-ring (bicyclic) bond motifs is 1. The molecule has 3 rings (SSSR count). The van der Waals surface area contributed by atoms with Crippen LogP contribution in [0.5, 0.6) is 0 Å². The van der Waals surface area contributed by atoms with E-state index in [1.54, 1.807) is 43.4 Å². The van der Waals surface area contributed by atoms with Crippen molar-refractivity contribution in [3.05, 3.63) is 65.2 Å². The zero-order chi connectivity index (χ0) is 15.9. The van der Waals surface area contributed by atoms with E-state index in [9.17, 15) is 14.7 Å². The first-order valence-electron chi connectivity index (χ1n) is 7.13. The topological polar surface area (TPSA) is 57.6 Å². The Morgan fingerprint density at radius 3 is 2.55 bits per heavy atom. The molecule has 1 heterocycles. The lowest BCUT2D eigenvalue weighted by atomic mass is 9.87. The van der Waals surface area contributed by atoms with Crippen LogP contribution >= 0.6 is 0 Å². The molecule has 1 amide bonds. The van der Waals surface area contributed by atoms with Crippen molar-refractivity contribution in [2.75, 3.05) is 11.9 Å². The van der Waals surface area contributed by atoms with Crippen molar-refractivity contribution in [3.63, 3.8) is 0 Å². The van der Waals surface area contributed by atoms with Crippen molar-refractivity contribution < 1.29 is 14.7 Å². The smallest absolute Gasteiger partial charge is 0.263 e. The molecule has 4 nitrogen and oxygen atoms in total. The van der Waals surface area contributed by atoms with Crippen LogP contribution in [0.4, 0.5) is 5.69 Å². The second-order valence-corrected chi connectivity index (χ2v) is 5.71. The molecule has 0 saturated carbocycles. The van der Waals surface area contributed by atoms with Gasteiger partial charge in [-0.15, -0.1) is 0 Å². The van der Waals surface area contributed by atoms with Crippen LogP contribution in [0.15, 0.2) is 48.5 Å². The quantitative estimate of drug-likeness (QED) is 0.885. The molecule has 0 bridgehead atoms. The van der Waals surface area contributed by atoms with Crippen molar-refractivity contribution in [1.29, 1.82) is 0 Å². The molecule has 1 aliphatic heterocycles. The summed E-state index contributed by atoms with van der Waals surface area (Å²) in [5.41, 5.74) is 0.798.